The number of nitrogens with one attached hydrogen (secondary N) is 2. The Kier molecular flexibility index (Phi) is 17.8. The maximum absolute atomic E-state index is 14.7. The van der Waals surface area contributed by atoms with Crippen LogP contribution < -0.4 is 16.4 Å². The van der Waals surface area contributed by atoms with Gasteiger partial charge in [0.1, 0.15) is 29.3 Å². The minimum absolute atomic E-state index is 0.0991. The van der Waals surface area contributed by atoms with Crippen LogP contribution in [0.5, 0.6) is 0 Å². The fraction of sp³-hybridized carbons (Fsp3) is 0.585. The van der Waals surface area contributed by atoms with Crippen molar-refractivity contribution in [2.75, 3.05) is 6.54 Å². The Balaban J connectivity index is 2.66. The van der Waals surface area contributed by atoms with E-state index in [2.05, 4.69) is 17.6 Å². The van der Waals surface area contributed by atoms with Gasteiger partial charge in [-0.05, 0) is 77.5 Å². The number of ether oxygens (including phenoxy) is 2. The van der Waals surface area contributed by atoms with E-state index in [0.29, 0.717) is 12.0 Å². The van der Waals surface area contributed by atoms with Gasteiger partial charge in [0.2, 0.25) is 17.7 Å². The first-order valence-corrected chi connectivity index (χ1v) is 18.7. The third kappa shape index (κ3) is 16.3. The predicted octanol–water partition coefficient (Wildman–Crippen LogP) is 6.71. The molecule has 0 aliphatic carbocycles. The molecule has 11 heteroatoms. The van der Waals surface area contributed by atoms with Crippen molar-refractivity contribution < 1.29 is 33.4 Å². The Morgan fingerprint density at radius 2 is 1.33 bits per heavy atom. The van der Waals surface area contributed by atoms with Crippen molar-refractivity contribution in [2.24, 2.45) is 5.73 Å². The number of carbonyl (C=O) groups is 5. The van der Waals surface area contributed by atoms with Crippen molar-refractivity contribution in [3.05, 3.63) is 71.3 Å². The molecule has 0 spiro atoms. The number of nitrogens with two attached hydrogens (primary N) is 1. The molecule has 4 amide bonds. The van der Waals surface area contributed by atoms with Gasteiger partial charge in [0, 0.05) is 19.4 Å². The number of benzene rings is 2. The molecule has 0 aromatic heterocycles. The highest BCUT2D eigenvalue weighted by atomic mass is 16.6. The zero-order valence-electron chi connectivity index (χ0n) is 32.6. The summed E-state index contributed by atoms with van der Waals surface area (Å²) in [7, 11) is 0. The third-order valence-electron chi connectivity index (χ3n) is 8.26. The van der Waals surface area contributed by atoms with Crippen molar-refractivity contribution in [3.8, 4) is 0 Å². The summed E-state index contributed by atoms with van der Waals surface area (Å²) in [6.45, 7) is 14.7. The summed E-state index contributed by atoms with van der Waals surface area (Å²) < 4.78 is 11.2. The van der Waals surface area contributed by atoms with Gasteiger partial charge >= 0.3 is 12.1 Å². The number of esters is 1. The molecule has 0 saturated heterocycles. The number of carbonyl (C=O) groups excluding carboxylic acids is 5. The molecule has 0 bridgehead atoms. The average molecular weight is 723 g/mol. The first-order valence-electron chi connectivity index (χ1n) is 18.7. The summed E-state index contributed by atoms with van der Waals surface area (Å²) in [5.74, 6) is -2.40. The first kappa shape index (κ1) is 43.8. The number of hydrogen-bond donors (Lipinski definition) is 3. The predicted molar refractivity (Wildman–Crippen MR) is 203 cm³/mol. The third-order valence-corrected chi connectivity index (χ3v) is 8.26. The van der Waals surface area contributed by atoms with Gasteiger partial charge in [0.05, 0.1) is 0 Å². The Labute approximate surface area is 310 Å². The van der Waals surface area contributed by atoms with Crippen molar-refractivity contribution >= 4 is 29.8 Å². The van der Waals surface area contributed by atoms with Crippen LogP contribution in [-0.4, -0.2) is 64.5 Å². The lowest BCUT2D eigenvalue weighted by molar-refractivity contribution is -0.159. The first-order chi connectivity index (χ1) is 24.4. The van der Waals surface area contributed by atoms with Crippen LogP contribution in [0.15, 0.2) is 54.6 Å². The quantitative estimate of drug-likeness (QED) is 0.101. The number of primary amides is 1. The smallest absolute Gasteiger partial charge is 0.408 e. The maximum Gasteiger partial charge on any atom is 0.408 e. The molecule has 0 heterocycles. The zero-order valence-corrected chi connectivity index (χ0v) is 32.6. The maximum atomic E-state index is 14.7. The molecule has 11 nitrogen and oxygen atoms in total. The molecular weight excluding hydrogens is 660 g/mol. The molecule has 52 heavy (non-hydrogen) atoms. The Bertz CT molecular complexity index is 1430. The van der Waals surface area contributed by atoms with Crippen LogP contribution in [0.1, 0.15) is 129 Å². The summed E-state index contributed by atoms with van der Waals surface area (Å²) in [4.78, 5) is 69.4. The minimum Gasteiger partial charge on any atom is -0.458 e. The van der Waals surface area contributed by atoms with E-state index in [-0.39, 0.29) is 25.8 Å². The van der Waals surface area contributed by atoms with Crippen LogP contribution >= 0.6 is 0 Å². The lowest BCUT2D eigenvalue weighted by atomic mass is 9.98. The minimum atomic E-state index is -1.22. The Morgan fingerprint density at radius 3 is 1.88 bits per heavy atom. The number of rotatable bonds is 20. The normalized spacial score (nSPS) is 13.3. The lowest BCUT2D eigenvalue weighted by Gasteiger charge is -2.35. The summed E-state index contributed by atoms with van der Waals surface area (Å²) >= 11 is 0. The van der Waals surface area contributed by atoms with Crippen LogP contribution in [0.2, 0.25) is 0 Å². The second kappa shape index (κ2) is 21.2. The monoisotopic (exact) mass is 722 g/mol. The SMILES string of the molecule is CCCCCCCCN(C(=O)C(CCC(N)=O)NC(=O)OC(C)(C)C)C(C(=O)NC(Cc1ccccc1)C(=O)OC(C)(C)C)c1ccc(CC)cc1. The molecule has 0 radical (unpaired) electrons. The highest BCUT2D eigenvalue weighted by molar-refractivity contribution is 5.94. The van der Waals surface area contributed by atoms with Gasteiger partial charge in [0.25, 0.3) is 0 Å². The molecular formula is C41H62N4O7. The van der Waals surface area contributed by atoms with E-state index in [1.165, 1.54) is 4.90 Å². The van der Waals surface area contributed by atoms with Crippen LogP contribution in [0.3, 0.4) is 0 Å². The molecule has 0 aliphatic heterocycles. The topological polar surface area (TPSA) is 157 Å². The molecule has 2 aromatic carbocycles. The van der Waals surface area contributed by atoms with E-state index in [1.807, 2.05) is 61.5 Å². The molecule has 0 saturated carbocycles. The molecule has 2 aromatic rings. The molecule has 288 valence electrons. The molecule has 3 unspecified atom stereocenters. The molecule has 0 fully saturated rings. The number of unbranched alkanes of at least 4 members (excludes halogenated alkanes) is 5. The molecule has 0 aliphatic rings. The number of nitrogens with zero attached hydrogens (tertiary/aromatic N) is 1. The fourth-order valence-electron chi connectivity index (χ4n) is 5.70. The van der Waals surface area contributed by atoms with E-state index in [4.69, 9.17) is 15.2 Å². The molecule has 4 N–H and O–H groups in total. The lowest BCUT2D eigenvalue weighted by Crippen LogP contribution is -2.55. The largest absolute Gasteiger partial charge is 0.458 e. The number of aryl methyl sites for hydroxylation is 1. The van der Waals surface area contributed by atoms with Crippen LogP contribution in [0.25, 0.3) is 0 Å². The Morgan fingerprint density at radius 1 is 0.731 bits per heavy atom. The number of alkyl carbamates (subject to hydrolysis) is 1. The van der Waals surface area contributed by atoms with Crippen molar-refractivity contribution in [1.82, 2.24) is 15.5 Å². The van der Waals surface area contributed by atoms with Gasteiger partial charge < -0.3 is 30.7 Å². The van der Waals surface area contributed by atoms with E-state index >= 15 is 0 Å². The van der Waals surface area contributed by atoms with Gasteiger partial charge in [-0.25, -0.2) is 9.59 Å². The van der Waals surface area contributed by atoms with Gasteiger partial charge in [-0.2, -0.15) is 0 Å². The molecule has 3 atom stereocenters. The number of hydrogen-bond acceptors (Lipinski definition) is 7. The van der Waals surface area contributed by atoms with E-state index in [9.17, 15) is 24.0 Å². The highest BCUT2D eigenvalue weighted by Crippen LogP contribution is 2.26. The number of amides is 4. The second-order valence-corrected chi connectivity index (χ2v) is 15.3. The van der Waals surface area contributed by atoms with Crippen LogP contribution in [-0.2, 0) is 41.5 Å². The second-order valence-electron chi connectivity index (χ2n) is 15.3. The average Bonchev–Trinajstić information content (AvgIpc) is 3.06. The summed E-state index contributed by atoms with van der Waals surface area (Å²) in [6.07, 6.45) is 5.39. The van der Waals surface area contributed by atoms with Crippen molar-refractivity contribution in [3.63, 3.8) is 0 Å². The van der Waals surface area contributed by atoms with E-state index in [1.54, 1.807) is 41.5 Å². The van der Waals surface area contributed by atoms with Crippen LogP contribution in [0, 0.1) is 0 Å². The summed E-state index contributed by atoms with van der Waals surface area (Å²) in [5, 5.41) is 5.58. The van der Waals surface area contributed by atoms with Crippen molar-refractivity contribution in [1.29, 1.82) is 0 Å². The van der Waals surface area contributed by atoms with Gasteiger partial charge in [0.15, 0.2) is 0 Å². The van der Waals surface area contributed by atoms with Gasteiger partial charge in [-0.15, -0.1) is 0 Å². The van der Waals surface area contributed by atoms with E-state index in [0.717, 1.165) is 49.7 Å². The summed E-state index contributed by atoms with van der Waals surface area (Å²) in [5.41, 5.74) is 6.21. The van der Waals surface area contributed by atoms with Crippen LogP contribution in [0.4, 0.5) is 4.79 Å². The van der Waals surface area contributed by atoms with E-state index < -0.39 is 59.1 Å². The molecule has 2 rings (SSSR count). The fourth-order valence-corrected chi connectivity index (χ4v) is 5.70. The van der Waals surface area contributed by atoms with Gasteiger partial charge in [-0.1, -0.05) is 101 Å². The van der Waals surface area contributed by atoms with Gasteiger partial charge in [-0.3, -0.25) is 14.4 Å². The summed E-state index contributed by atoms with van der Waals surface area (Å²) in [6, 6.07) is 13.3. The zero-order chi connectivity index (χ0) is 38.9. The standard InChI is InChI=1S/C41H62N4O7/c1-9-11-12-13-14-18-27-45(37(48)32(25-26-34(42)46)44-39(50)52-41(6,7)8)35(31-23-21-29(10-2)22-24-31)36(47)43-33(38(49)51-40(3,4)5)28-30-19-16-15-17-20-30/h15-17,19-24,32-33,35H,9-14,18,25-28H2,1-8H3,(H2,42,46)(H,43,47)(H,44,50). The highest BCUT2D eigenvalue weighted by Gasteiger charge is 2.38. The Hall–Kier alpha value is -4.41. The van der Waals surface area contributed by atoms with Crippen molar-refractivity contribution in [2.45, 2.75) is 149 Å².